The Labute approximate surface area is 242 Å². The van der Waals surface area contributed by atoms with Gasteiger partial charge in [-0.25, -0.2) is 23.9 Å². The van der Waals surface area contributed by atoms with Gasteiger partial charge in [0.25, 0.3) is 5.91 Å². The van der Waals surface area contributed by atoms with E-state index in [0.717, 1.165) is 5.56 Å². The van der Waals surface area contributed by atoms with Crippen LogP contribution in [0.15, 0.2) is 31.0 Å². The van der Waals surface area contributed by atoms with Crippen molar-refractivity contribution in [2.75, 3.05) is 25.6 Å². The molecule has 0 aromatic carbocycles. The summed E-state index contributed by atoms with van der Waals surface area (Å²) in [6.45, 7) is -5.05. The van der Waals surface area contributed by atoms with Crippen LogP contribution in [-0.4, -0.2) is 78.4 Å². The van der Waals surface area contributed by atoms with E-state index in [9.17, 15) is 19.1 Å². The molecule has 5 heterocycles. The van der Waals surface area contributed by atoms with Gasteiger partial charge in [-0.2, -0.15) is 0 Å². The number of carbonyl (C=O) groups is 1. The fraction of sp³-hybridized carbons (Fsp3) is 0.500. The maximum atomic E-state index is 15.9. The van der Waals surface area contributed by atoms with E-state index >= 15 is 4.39 Å². The first-order valence-corrected chi connectivity index (χ1v) is 16.8. The Morgan fingerprint density at radius 1 is 1.14 bits per heavy atom. The summed E-state index contributed by atoms with van der Waals surface area (Å²) in [5, 5.41) is 0. The molecule has 2 aliphatic heterocycles. The number of rotatable bonds is 3. The van der Waals surface area contributed by atoms with E-state index in [1.807, 2.05) is 0 Å². The molecule has 0 spiro atoms. The number of nitrogens with two attached hydrogens (primary N) is 2. The smallest absolute Gasteiger partial charge is 0.382 e. The first-order chi connectivity index (χ1) is 19.9. The van der Waals surface area contributed by atoms with Gasteiger partial charge < -0.3 is 30.5 Å². The predicted octanol–water partition coefficient (Wildman–Crippen LogP) is 1.32. The van der Waals surface area contributed by atoms with Gasteiger partial charge in [-0.1, -0.05) is 0 Å². The SMILES string of the molecule is NC(=O)c1cc([C@@H]2C[C@@H]3COP(O)(=S)O[C@H]4[C@@H](F)[C@H](n5cnc6c(N)ncnc65)O[C@@H]4COP(=O)(O)OCC32)ccn1. The standard InChI is InChI=1S/C22H26FN7O9P2S/c23-16-18-15(38-22(16)30-9-29-17-19(24)27-8-28-21(17)30)7-36-40(32,33)35-6-13-11(5-37-41(34,42)39-18)3-12(13)10-1-2-26-14(4-10)20(25)31/h1-2,4,8-9,11-13,15-16,18,22H,3,5-7H2,(H2,25,31)(H,32,33)(H,34,42)(H2,24,27,28)/t11-,12+,13?,15-,16-,18-,22-,41?/m1/s1. The topological polar surface area (TPSA) is 229 Å². The second-order valence-corrected chi connectivity index (χ2v) is 14.3. The molecule has 42 heavy (non-hydrogen) atoms. The minimum atomic E-state index is -4.67. The van der Waals surface area contributed by atoms with Gasteiger partial charge in [0.2, 0.25) is 0 Å². The van der Waals surface area contributed by atoms with Gasteiger partial charge in [-0.15, -0.1) is 0 Å². The van der Waals surface area contributed by atoms with Gasteiger partial charge in [0.1, 0.15) is 29.7 Å². The molecule has 6 N–H and O–H groups in total. The number of nitrogen functional groups attached to an aromatic ring is 1. The Bertz CT molecular complexity index is 1620. The van der Waals surface area contributed by atoms with E-state index in [1.165, 1.54) is 23.4 Å². The number of nitrogens with zero attached hydrogens (tertiary/aromatic N) is 5. The van der Waals surface area contributed by atoms with Crippen LogP contribution in [0.25, 0.3) is 11.2 Å². The number of pyridine rings is 1. The van der Waals surface area contributed by atoms with Crippen LogP contribution in [0, 0.1) is 11.8 Å². The minimum absolute atomic E-state index is 0.0680. The third-order valence-electron chi connectivity index (χ3n) is 7.61. The average Bonchev–Trinajstić information content (AvgIpc) is 3.48. The van der Waals surface area contributed by atoms with Crippen LogP contribution < -0.4 is 11.5 Å². The lowest BCUT2D eigenvalue weighted by molar-refractivity contribution is -0.0454. The lowest BCUT2D eigenvalue weighted by Gasteiger charge is -2.45. The monoisotopic (exact) mass is 645 g/mol. The maximum Gasteiger partial charge on any atom is 0.472 e. The molecule has 3 fully saturated rings. The maximum absolute atomic E-state index is 15.9. The molecule has 2 saturated heterocycles. The average molecular weight is 646 g/mol. The fourth-order valence-electron chi connectivity index (χ4n) is 5.44. The number of anilines is 1. The van der Waals surface area contributed by atoms with Crippen molar-refractivity contribution in [1.29, 1.82) is 0 Å². The summed E-state index contributed by atoms with van der Waals surface area (Å²) in [4.78, 5) is 48.9. The summed E-state index contributed by atoms with van der Waals surface area (Å²) in [7, 11) is -4.67. The number of hydrogen-bond donors (Lipinski definition) is 4. The number of ether oxygens (including phenoxy) is 1. The van der Waals surface area contributed by atoms with E-state index in [-0.39, 0.29) is 47.7 Å². The molecule has 9 atom stereocenters. The Kier molecular flexibility index (Phi) is 7.89. The number of carbonyl (C=O) groups excluding carboxylic acids is 1. The number of aromatic nitrogens is 5. The highest BCUT2D eigenvalue weighted by molar-refractivity contribution is 8.07. The molecule has 1 saturated carbocycles. The number of fused-ring (bicyclic) bond motifs is 3. The molecular formula is C22H26FN7O9P2S. The summed E-state index contributed by atoms with van der Waals surface area (Å²) < 4.78 is 57.5. The van der Waals surface area contributed by atoms with Crippen molar-refractivity contribution in [3.63, 3.8) is 0 Å². The summed E-state index contributed by atoms with van der Waals surface area (Å²) in [5.74, 6) is -1.55. The molecule has 6 rings (SSSR count). The highest BCUT2D eigenvalue weighted by Crippen LogP contribution is 2.56. The molecule has 0 bridgehead atoms. The van der Waals surface area contributed by atoms with Crippen molar-refractivity contribution < 1.29 is 46.4 Å². The molecular weight excluding hydrogens is 619 g/mol. The molecule has 1 aliphatic carbocycles. The van der Waals surface area contributed by atoms with Crippen molar-refractivity contribution in [2.24, 2.45) is 17.6 Å². The molecule has 3 aliphatic rings. The highest BCUT2D eigenvalue weighted by Gasteiger charge is 2.51. The first kappa shape index (κ1) is 29.6. The number of phosphoric acid groups is 1. The van der Waals surface area contributed by atoms with E-state index in [1.54, 1.807) is 12.1 Å². The zero-order chi connectivity index (χ0) is 29.8. The minimum Gasteiger partial charge on any atom is -0.382 e. The highest BCUT2D eigenvalue weighted by atomic mass is 32.5. The van der Waals surface area contributed by atoms with E-state index < -0.39 is 57.6 Å². The normalized spacial score (nSPS) is 37.5. The molecule has 0 radical (unpaired) electrons. The lowest BCUT2D eigenvalue weighted by atomic mass is 9.63. The van der Waals surface area contributed by atoms with Gasteiger partial charge in [0.15, 0.2) is 23.9 Å². The molecule has 1 amide bonds. The lowest BCUT2D eigenvalue weighted by Crippen LogP contribution is -2.40. The fourth-order valence-corrected chi connectivity index (χ4v) is 7.69. The Hall–Kier alpha value is -2.50. The second kappa shape index (κ2) is 11.2. The van der Waals surface area contributed by atoms with E-state index in [0.29, 0.717) is 6.42 Å². The number of halogens is 1. The number of primary amides is 1. The Morgan fingerprint density at radius 3 is 2.71 bits per heavy atom. The molecule has 3 aromatic rings. The van der Waals surface area contributed by atoms with Gasteiger partial charge in [0, 0.05) is 6.20 Å². The van der Waals surface area contributed by atoms with Gasteiger partial charge >= 0.3 is 14.5 Å². The van der Waals surface area contributed by atoms with Crippen LogP contribution in [0.5, 0.6) is 0 Å². The third-order valence-corrected chi connectivity index (χ3v) is 10.1. The zero-order valence-electron chi connectivity index (χ0n) is 21.6. The number of phosphoric ester groups is 1. The number of amides is 1. The molecule has 16 nitrogen and oxygen atoms in total. The largest absolute Gasteiger partial charge is 0.472 e. The quantitative estimate of drug-likeness (QED) is 0.294. The number of hydrogen-bond acceptors (Lipinski definition) is 13. The van der Waals surface area contributed by atoms with Crippen molar-refractivity contribution >= 4 is 49.2 Å². The van der Waals surface area contributed by atoms with Crippen LogP contribution in [0.3, 0.4) is 0 Å². The summed E-state index contributed by atoms with van der Waals surface area (Å²) in [6.07, 6.45) is -1.89. The van der Waals surface area contributed by atoms with Crippen LogP contribution in [0.4, 0.5) is 10.2 Å². The van der Waals surface area contributed by atoms with Gasteiger partial charge in [0.05, 0.1) is 26.1 Å². The van der Waals surface area contributed by atoms with Crippen LogP contribution in [0.1, 0.15) is 34.6 Å². The zero-order valence-corrected chi connectivity index (χ0v) is 24.2. The number of imidazole rings is 1. The Balaban J connectivity index is 1.24. The molecule has 3 aromatic heterocycles. The second-order valence-electron chi connectivity index (χ2n) is 10.1. The number of alkyl halides is 1. The van der Waals surface area contributed by atoms with Crippen LogP contribution >= 0.6 is 14.5 Å². The van der Waals surface area contributed by atoms with Crippen molar-refractivity contribution in [2.45, 2.75) is 36.9 Å². The predicted molar refractivity (Wildman–Crippen MR) is 145 cm³/mol. The summed E-state index contributed by atoms with van der Waals surface area (Å²) in [5.41, 5.74) is 12.3. The van der Waals surface area contributed by atoms with Crippen molar-refractivity contribution in [3.8, 4) is 0 Å². The van der Waals surface area contributed by atoms with Gasteiger partial charge in [-0.3, -0.25) is 27.9 Å². The third kappa shape index (κ3) is 5.71. The van der Waals surface area contributed by atoms with Gasteiger partial charge in [-0.05, 0) is 53.7 Å². The summed E-state index contributed by atoms with van der Waals surface area (Å²) >= 11 is 5.21. The molecule has 3 unspecified atom stereocenters. The Morgan fingerprint density at radius 2 is 1.93 bits per heavy atom. The van der Waals surface area contributed by atoms with E-state index in [4.69, 9.17) is 46.1 Å². The van der Waals surface area contributed by atoms with Crippen LogP contribution in [-0.2, 0) is 39.2 Å². The van der Waals surface area contributed by atoms with Crippen molar-refractivity contribution in [1.82, 2.24) is 24.5 Å². The van der Waals surface area contributed by atoms with Crippen molar-refractivity contribution in [3.05, 3.63) is 42.2 Å². The van der Waals surface area contributed by atoms with Crippen LogP contribution in [0.2, 0.25) is 0 Å². The molecule has 226 valence electrons. The summed E-state index contributed by atoms with van der Waals surface area (Å²) in [6, 6.07) is 3.24. The first-order valence-electron chi connectivity index (χ1n) is 12.7. The molecule has 20 heteroatoms. The van der Waals surface area contributed by atoms with E-state index in [2.05, 4.69) is 19.9 Å².